The Morgan fingerprint density at radius 3 is 2.72 bits per heavy atom. The molecular weight excluding hydrogens is 232 g/mol. The van der Waals surface area contributed by atoms with Gasteiger partial charge in [-0.05, 0) is 12.5 Å². The number of methoxy groups -OCH3 is 1. The molecular formula is C13H20N2O3. The first-order valence-electron chi connectivity index (χ1n) is 6.18. The molecule has 0 fully saturated rings. The van der Waals surface area contributed by atoms with E-state index in [9.17, 15) is 10.1 Å². The Kier molecular flexibility index (Phi) is 5.58. The predicted molar refractivity (Wildman–Crippen MR) is 70.7 cm³/mol. The summed E-state index contributed by atoms with van der Waals surface area (Å²) < 4.78 is 5.20. The van der Waals surface area contributed by atoms with Crippen LogP contribution in [0.15, 0.2) is 18.2 Å². The van der Waals surface area contributed by atoms with Crippen LogP contribution < -0.4 is 10.5 Å². The fraction of sp³-hybridized carbons (Fsp3) is 0.538. The van der Waals surface area contributed by atoms with Crippen molar-refractivity contribution in [1.82, 2.24) is 0 Å². The molecule has 0 saturated heterocycles. The Balaban J connectivity index is 2.89. The highest BCUT2D eigenvalue weighted by Crippen LogP contribution is 2.30. The largest absolute Gasteiger partial charge is 0.496 e. The summed E-state index contributed by atoms with van der Waals surface area (Å²) in [4.78, 5) is 10.3. The number of unbranched alkanes of at least 4 members (excludes halogenated alkanes) is 2. The molecule has 1 unspecified atom stereocenters. The maximum absolute atomic E-state index is 10.8. The molecule has 1 rings (SSSR count). The van der Waals surface area contributed by atoms with Gasteiger partial charge in [0.05, 0.1) is 12.0 Å². The van der Waals surface area contributed by atoms with Crippen molar-refractivity contribution in [2.45, 2.75) is 38.6 Å². The summed E-state index contributed by atoms with van der Waals surface area (Å²) in [7, 11) is 1.55. The molecule has 0 heterocycles. The van der Waals surface area contributed by atoms with E-state index >= 15 is 0 Å². The van der Waals surface area contributed by atoms with Crippen molar-refractivity contribution in [2.24, 2.45) is 5.73 Å². The van der Waals surface area contributed by atoms with Crippen molar-refractivity contribution in [3.8, 4) is 5.75 Å². The van der Waals surface area contributed by atoms with E-state index in [1.54, 1.807) is 13.2 Å². The molecule has 100 valence electrons. The minimum absolute atomic E-state index is 0.0525. The molecule has 0 bridgehead atoms. The van der Waals surface area contributed by atoms with Gasteiger partial charge in [-0.25, -0.2) is 0 Å². The van der Waals surface area contributed by atoms with Gasteiger partial charge < -0.3 is 10.5 Å². The Morgan fingerprint density at radius 2 is 2.17 bits per heavy atom. The highest BCUT2D eigenvalue weighted by molar-refractivity contribution is 5.45. The van der Waals surface area contributed by atoms with E-state index < -0.39 is 4.92 Å². The van der Waals surface area contributed by atoms with Gasteiger partial charge in [0.15, 0.2) is 0 Å². The monoisotopic (exact) mass is 252 g/mol. The van der Waals surface area contributed by atoms with Gasteiger partial charge in [0, 0.05) is 23.7 Å². The molecule has 0 saturated carbocycles. The summed E-state index contributed by atoms with van der Waals surface area (Å²) in [6, 6.07) is 4.33. The molecule has 5 nitrogen and oxygen atoms in total. The molecule has 1 aromatic rings. The van der Waals surface area contributed by atoms with Gasteiger partial charge in [-0.2, -0.15) is 0 Å². The van der Waals surface area contributed by atoms with Gasteiger partial charge in [0.25, 0.3) is 5.69 Å². The van der Waals surface area contributed by atoms with Crippen LogP contribution in [0.1, 0.15) is 44.2 Å². The first-order valence-corrected chi connectivity index (χ1v) is 6.18. The molecule has 0 spiro atoms. The first-order chi connectivity index (χ1) is 8.60. The molecule has 5 heteroatoms. The van der Waals surface area contributed by atoms with Crippen LogP contribution >= 0.6 is 0 Å². The molecule has 0 aliphatic heterocycles. The van der Waals surface area contributed by atoms with Crippen LogP contribution in [0.3, 0.4) is 0 Å². The SMILES string of the molecule is CCCCCC(N)c1cc([N+](=O)[O-])ccc1OC. The number of ether oxygens (including phenoxy) is 1. The summed E-state index contributed by atoms with van der Waals surface area (Å²) >= 11 is 0. The third kappa shape index (κ3) is 3.70. The average molecular weight is 252 g/mol. The van der Waals surface area contributed by atoms with E-state index in [4.69, 9.17) is 10.5 Å². The van der Waals surface area contributed by atoms with E-state index in [0.29, 0.717) is 11.3 Å². The number of nitro benzene ring substituents is 1. The van der Waals surface area contributed by atoms with Crippen molar-refractivity contribution in [3.63, 3.8) is 0 Å². The molecule has 2 N–H and O–H groups in total. The van der Waals surface area contributed by atoms with Gasteiger partial charge >= 0.3 is 0 Å². The standard InChI is InChI=1S/C13H20N2O3/c1-3-4-5-6-12(14)11-9-10(15(16)17)7-8-13(11)18-2/h7-9,12H,3-6,14H2,1-2H3. The second-order valence-electron chi connectivity index (χ2n) is 4.29. The van der Waals surface area contributed by atoms with Crippen LogP contribution in [-0.4, -0.2) is 12.0 Å². The van der Waals surface area contributed by atoms with Crippen LogP contribution in [0, 0.1) is 10.1 Å². The topological polar surface area (TPSA) is 78.4 Å². The third-order valence-corrected chi connectivity index (χ3v) is 2.94. The van der Waals surface area contributed by atoms with Crippen molar-refractivity contribution in [3.05, 3.63) is 33.9 Å². The van der Waals surface area contributed by atoms with Crippen LogP contribution in [0.4, 0.5) is 5.69 Å². The third-order valence-electron chi connectivity index (χ3n) is 2.94. The zero-order valence-electron chi connectivity index (χ0n) is 10.9. The lowest BCUT2D eigenvalue weighted by molar-refractivity contribution is -0.385. The van der Waals surface area contributed by atoms with Gasteiger partial charge in [0.2, 0.25) is 0 Å². The second-order valence-corrected chi connectivity index (χ2v) is 4.29. The lowest BCUT2D eigenvalue weighted by atomic mass is 10.00. The van der Waals surface area contributed by atoms with Gasteiger partial charge in [-0.3, -0.25) is 10.1 Å². The molecule has 1 atom stereocenters. The quantitative estimate of drug-likeness (QED) is 0.459. The fourth-order valence-corrected chi connectivity index (χ4v) is 1.89. The summed E-state index contributed by atoms with van der Waals surface area (Å²) in [6.45, 7) is 2.12. The summed E-state index contributed by atoms with van der Waals surface area (Å²) in [5.74, 6) is 0.615. The zero-order valence-corrected chi connectivity index (χ0v) is 10.9. The van der Waals surface area contributed by atoms with E-state index in [1.165, 1.54) is 12.1 Å². The zero-order chi connectivity index (χ0) is 13.5. The number of nitro groups is 1. The Labute approximate surface area is 107 Å². The van der Waals surface area contributed by atoms with Crippen molar-refractivity contribution in [2.75, 3.05) is 7.11 Å². The highest BCUT2D eigenvalue weighted by Gasteiger charge is 2.16. The average Bonchev–Trinajstić information content (AvgIpc) is 2.38. The molecule has 1 aromatic carbocycles. The minimum atomic E-state index is -0.415. The molecule has 0 radical (unpaired) electrons. The van der Waals surface area contributed by atoms with Gasteiger partial charge in [0.1, 0.15) is 5.75 Å². The van der Waals surface area contributed by atoms with Crippen LogP contribution in [0.25, 0.3) is 0 Å². The fourth-order valence-electron chi connectivity index (χ4n) is 1.89. The molecule has 0 aromatic heterocycles. The van der Waals surface area contributed by atoms with Gasteiger partial charge in [-0.15, -0.1) is 0 Å². The van der Waals surface area contributed by atoms with E-state index in [0.717, 1.165) is 25.7 Å². The molecule has 0 aliphatic carbocycles. The maximum Gasteiger partial charge on any atom is 0.270 e. The summed E-state index contributed by atoms with van der Waals surface area (Å²) in [5.41, 5.74) is 6.84. The second kappa shape index (κ2) is 6.96. The number of rotatable bonds is 7. The maximum atomic E-state index is 10.8. The first kappa shape index (κ1) is 14.4. The Hall–Kier alpha value is -1.62. The van der Waals surface area contributed by atoms with Crippen LogP contribution in [0.5, 0.6) is 5.75 Å². The molecule has 0 amide bonds. The van der Waals surface area contributed by atoms with Gasteiger partial charge in [-0.1, -0.05) is 26.2 Å². The van der Waals surface area contributed by atoms with Crippen LogP contribution in [-0.2, 0) is 0 Å². The van der Waals surface area contributed by atoms with E-state index in [1.807, 2.05) is 0 Å². The summed E-state index contributed by atoms with van der Waals surface area (Å²) in [6.07, 6.45) is 4.07. The van der Waals surface area contributed by atoms with Crippen LogP contribution in [0.2, 0.25) is 0 Å². The lowest BCUT2D eigenvalue weighted by Gasteiger charge is -2.15. The minimum Gasteiger partial charge on any atom is -0.496 e. The van der Waals surface area contributed by atoms with Crippen molar-refractivity contribution < 1.29 is 9.66 Å². The molecule has 0 aliphatic rings. The smallest absolute Gasteiger partial charge is 0.270 e. The number of nitrogens with zero attached hydrogens (tertiary/aromatic N) is 1. The summed E-state index contributed by atoms with van der Waals surface area (Å²) in [5, 5.41) is 10.8. The number of nitrogens with two attached hydrogens (primary N) is 1. The number of hydrogen-bond acceptors (Lipinski definition) is 4. The normalized spacial score (nSPS) is 12.2. The van der Waals surface area contributed by atoms with E-state index in [-0.39, 0.29) is 11.7 Å². The Bertz CT molecular complexity index is 407. The highest BCUT2D eigenvalue weighted by atomic mass is 16.6. The molecule has 18 heavy (non-hydrogen) atoms. The number of hydrogen-bond donors (Lipinski definition) is 1. The predicted octanol–water partition coefficient (Wildman–Crippen LogP) is 3.18. The number of benzene rings is 1. The Morgan fingerprint density at radius 1 is 1.44 bits per heavy atom. The van der Waals surface area contributed by atoms with Crippen molar-refractivity contribution in [1.29, 1.82) is 0 Å². The van der Waals surface area contributed by atoms with E-state index in [2.05, 4.69) is 6.92 Å². The lowest BCUT2D eigenvalue weighted by Crippen LogP contribution is -2.12. The van der Waals surface area contributed by atoms with Crippen molar-refractivity contribution >= 4 is 5.69 Å². The number of non-ortho nitro benzene ring substituents is 1.